The first-order valence-electron chi connectivity index (χ1n) is 6.83. The van der Waals surface area contributed by atoms with Gasteiger partial charge in [-0.2, -0.15) is 0 Å². The van der Waals surface area contributed by atoms with Gasteiger partial charge in [-0.05, 0) is 38.1 Å². The number of nitrogens with zero attached hydrogens (tertiary/aromatic N) is 2. The maximum absolute atomic E-state index is 12.4. The summed E-state index contributed by atoms with van der Waals surface area (Å²) in [5, 5.41) is 0. The highest BCUT2D eigenvalue weighted by Gasteiger charge is 2.24. The normalized spacial score (nSPS) is 19.3. The second-order valence-corrected chi connectivity index (χ2v) is 4.98. The molecule has 2 rings (SSSR count). The maximum Gasteiger partial charge on any atom is 0.254 e. The van der Waals surface area contributed by atoms with Crippen LogP contribution in [-0.4, -0.2) is 50.2 Å². The van der Waals surface area contributed by atoms with Crippen molar-refractivity contribution in [3.63, 3.8) is 0 Å². The van der Waals surface area contributed by atoms with E-state index in [1.807, 2.05) is 43.1 Å². The van der Waals surface area contributed by atoms with Gasteiger partial charge in [0, 0.05) is 31.4 Å². The Morgan fingerprint density at radius 3 is 2.68 bits per heavy atom. The van der Waals surface area contributed by atoms with Crippen molar-refractivity contribution in [3.05, 3.63) is 29.8 Å². The van der Waals surface area contributed by atoms with Gasteiger partial charge in [0.25, 0.3) is 5.91 Å². The van der Waals surface area contributed by atoms with Gasteiger partial charge in [0.1, 0.15) is 0 Å². The van der Waals surface area contributed by atoms with Crippen molar-refractivity contribution in [3.8, 4) is 0 Å². The van der Waals surface area contributed by atoms with Gasteiger partial charge in [-0.1, -0.05) is 0 Å². The molecule has 0 saturated carbocycles. The molecule has 19 heavy (non-hydrogen) atoms. The molecule has 0 N–H and O–H groups in total. The molecule has 0 bridgehead atoms. The highest BCUT2D eigenvalue weighted by atomic mass is 16.5. The summed E-state index contributed by atoms with van der Waals surface area (Å²) < 4.78 is 5.36. The van der Waals surface area contributed by atoms with Gasteiger partial charge in [0.05, 0.1) is 19.3 Å². The smallest absolute Gasteiger partial charge is 0.254 e. The van der Waals surface area contributed by atoms with Crippen molar-refractivity contribution < 1.29 is 9.53 Å². The first kappa shape index (κ1) is 13.9. The van der Waals surface area contributed by atoms with Crippen molar-refractivity contribution in [2.75, 3.05) is 38.3 Å². The standard InChI is InChI=1S/C15H22N2O2/c1-4-16(3)14-7-5-13(6-8-14)15(18)17-9-10-19-11-12(17)2/h5-8,12H,4,9-11H2,1-3H3. The number of ether oxygens (including phenoxy) is 1. The average molecular weight is 262 g/mol. The monoisotopic (exact) mass is 262 g/mol. The third kappa shape index (κ3) is 3.07. The number of carbonyl (C=O) groups is 1. The largest absolute Gasteiger partial charge is 0.377 e. The molecule has 0 radical (unpaired) electrons. The zero-order valence-corrected chi connectivity index (χ0v) is 11.9. The SMILES string of the molecule is CCN(C)c1ccc(C(=O)N2CCOCC2C)cc1. The molecule has 1 aromatic rings. The molecule has 1 unspecified atom stereocenters. The number of amides is 1. The van der Waals surface area contributed by atoms with Crippen LogP contribution >= 0.6 is 0 Å². The van der Waals surface area contributed by atoms with E-state index >= 15 is 0 Å². The van der Waals surface area contributed by atoms with E-state index in [0.717, 1.165) is 17.8 Å². The van der Waals surface area contributed by atoms with Crippen LogP contribution in [0.4, 0.5) is 5.69 Å². The molecule has 1 fully saturated rings. The molecule has 0 spiro atoms. The Morgan fingerprint density at radius 1 is 1.42 bits per heavy atom. The molecule has 4 heteroatoms. The molecular weight excluding hydrogens is 240 g/mol. The Kier molecular flexibility index (Phi) is 4.43. The lowest BCUT2D eigenvalue weighted by atomic mass is 10.1. The number of carbonyl (C=O) groups excluding carboxylic acids is 1. The minimum Gasteiger partial charge on any atom is -0.377 e. The van der Waals surface area contributed by atoms with E-state index in [9.17, 15) is 4.79 Å². The first-order chi connectivity index (χ1) is 9.13. The summed E-state index contributed by atoms with van der Waals surface area (Å²) in [6.45, 7) is 7.02. The van der Waals surface area contributed by atoms with Crippen LogP contribution in [0.1, 0.15) is 24.2 Å². The topological polar surface area (TPSA) is 32.8 Å². The highest BCUT2D eigenvalue weighted by Crippen LogP contribution is 2.17. The zero-order valence-electron chi connectivity index (χ0n) is 11.9. The predicted octanol–water partition coefficient (Wildman–Crippen LogP) is 2.00. The molecule has 1 atom stereocenters. The van der Waals surface area contributed by atoms with Crippen LogP contribution in [0.25, 0.3) is 0 Å². The molecule has 1 amide bonds. The summed E-state index contributed by atoms with van der Waals surface area (Å²) in [4.78, 5) is 16.5. The molecule has 1 aromatic carbocycles. The Bertz CT molecular complexity index is 430. The summed E-state index contributed by atoms with van der Waals surface area (Å²) in [5.41, 5.74) is 1.89. The molecular formula is C15H22N2O2. The molecule has 0 aliphatic carbocycles. The summed E-state index contributed by atoms with van der Waals surface area (Å²) in [6.07, 6.45) is 0. The second-order valence-electron chi connectivity index (χ2n) is 4.98. The molecule has 0 aromatic heterocycles. The van der Waals surface area contributed by atoms with E-state index in [2.05, 4.69) is 11.8 Å². The van der Waals surface area contributed by atoms with Crippen LogP contribution in [0.15, 0.2) is 24.3 Å². The van der Waals surface area contributed by atoms with Gasteiger partial charge >= 0.3 is 0 Å². The number of rotatable bonds is 3. The molecule has 1 saturated heterocycles. The third-order valence-corrected chi connectivity index (χ3v) is 3.66. The van der Waals surface area contributed by atoms with Crippen molar-refractivity contribution >= 4 is 11.6 Å². The maximum atomic E-state index is 12.4. The number of anilines is 1. The van der Waals surface area contributed by atoms with E-state index < -0.39 is 0 Å². The van der Waals surface area contributed by atoms with Crippen molar-refractivity contribution in [2.45, 2.75) is 19.9 Å². The minimum absolute atomic E-state index is 0.0986. The van der Waals surface area contributed by atoms with Crippen molar-refractivity contribution in [1.29, 1.82) is 0 Å². The fourth-order valence-electron chi connectivity index (χ4n) is 2.24. The van der Waals surface area contributed by atoms with E-state index in [-0.39, 0.29) is 11.9 Å². The summed E-state index contributed by atoms with van der Waals surface area (Å²) in [6, 6.07) is 7.97. The fraction of sp³-hybridized carbons (Fsp3) is 0.533. The molecule has 4 nitrogen and oxygen atoms in total. The predicted molar refractivity (Wildman–Crippen MR) is 76.7 cm³/mol. The van der Waals surface area contributed by atoms with Crippen molar-refractivity contribution in [1.82, 2.24) is 4.90 Å². The second kappa shape index (κ2) is 6.06. The van der Waals surface area contributed by atoms with Gasteiger partial charge < -0.3 is 14.5 Å². The van der Waals surface area contributed by atoms with Crippen LogP contribution < -0.4 is 4.90 Å². The molecule has 1 aliphatic heterocycles. The number of hydrogen-bond donors (Lipinski definition) is 0. The lowest BCUT2D eigenvalue weighted by molar-refractivity contribution is 0.00359. The van der Waals surface area contributed by atoms with Gasteiger partial charge in [0.15, 0.2) is 0 Å². The van der Waals surface area contributed by atoms with Crippen LogP contribution in [-0.2, 0) is 4.74 Å². The van der Waals surface area contributed by atoms with E-state index in [4.69, 9.17) is 4.74 Å². The lowest BCUT2D eigenvalue weighted by Gasteiger charge is -2.33. The van der Waals surface area contributed by atoms with Gasteiger partial charge in [-0.15, -0.1) is 0 Å². The van der Waals surface area contributed by atoms with Crippen LogP contribution in [0.2, 0.25) is 0 Å². The Labute approximate surface area is 115 Å². The van der Waals surface area contributed by atoms with Crippen LogP contribution in [0.3, 0.4) is 0 Å². The highest BCUT2D eigenvalue weighted by molar-refractivity contribution is 5.94. The van der Waals surface area contributed by atoms with Crippen molar-refractivity contribution in [2.24, 2.45) is 0 Å². The fourth-order valence-corrected chi connectivity index (χ4v) is 2.24. The van der Waals surface area contributed by atoms with Gasteiger partial charge in [0.2, 0.25) is 0 Å². The molecule has 104 valence electrons. The van der Waals surface area contributed by atoms with Gasteiger partial charge in [-0.3, -0.25) is 4.79 Å². The molecule has 1 heterocycles. The van der Waals surface area contributed by atoms with Gasteiger partial charge in [-0.25, -0.2) is 0 Å². The van der Waals surface area contributed by atoms with Crippen LogP contribution in [0.5, 0.6) is 0 Å². The number of hydrogen-bond acceptors (Lipinski definition) is 3. The minimum atomic E-state index is 0.0986. The van der Waals surface area contributed by atoms with Crippen LogP contribution in [0, 0.1) is 0 Å². The number of benzene rings is 1. The summed E-state index contributed by atoms with van der Waals surface area (Å²) >= 11 is 0. The summed E-state index contributed by atoms with van der Waals surface area (Å²) in [7, 11) is 2.04. The Hall–Kier alpha value is -1.55. The zero-order chi connectivity index (χ0) is 13.8. The first-order valence-corrected chi connectivity index (χ1v) is 6.83. The Balaban J connectivity index is 2.11. The lowest BCUT2D eigenvalue weighted by Crippen LogP contribution is -2.47. The Morgan fingerprint density at radius 2 is 2.11 bits per heavy atom. The van der Waals surface area contributed by atoms with E-state index in [1.54, 1.807) is 0 Å². The quantitative estimate of drug-likeness (QED) is 0.835. The summed E-state index contributed by atoms with van der Waals surface area (Å²) in [5.74, 6) is 0.0986. The van der Waals surface area contributed by atoms with E-state index in [0.29, 0.717) is 19.8 Å². The third-order valence-electron chi connectivity index (χ3n) is 3.66. The molecule has 1 aliphatic rings. The van der Waals surface area contributed by atoms with E-state index in [1.165, 1.54) is 0 Å². The average Bonchev–Trinajstić information content (AvgIpc) is 2.46. The number of morpholine rings is 1.